The van der Waals surface area contributed by atoms with Crippen molar-refractivity contribution < 1.29 is 4.42 Å². The molecular formula is C15H14N2O. The van der Waals surface area contributed by atoms with Crippen LogP contribution >= 0.6 is 0 Å². The first-order chi connectivity index (χ1) is 8.83. The minimum absolute atomic E-state index is 0.693. The number of aryl methyl sites for hydroxylation is 1. The molecule has 0 aliphatic heterocycles. The second-order valence-electron chi connectivity index (χ2n) is 4.22. The van der Waals surface area contributed by atoms with Crippen molar-refractivity contribution in [1.82, 2.24) is 4.98 Å². The fourth-order valence-corrected chi connectivity index (χ4v) is 2.00. The van der Waals surface area contributed by atoms with Crippen molar-refractivity contribution in [2.75, 3.05) is 5.32 Å². The van der Waals surface area contributed by atoms with Gasteiger partial charge in [-0.25, -0.2) is 4.98 Å². The van der Waals surface area contributed by atoms with E-state index in [-0.39, 0.29) is 0 Å². The van der Waals surface area contributed by atoms with Crippen LogP contribution in [0.5, 0.6) is 0 Å². The van der Waals surface area contributed by atoms with E-state index in [9.17, 15) is 0 Å². The quantitative estimate of drug-likeness (QED) is 0.755. The van der Waals surface area contributed by atoms with Crippen LogP contribution in [-0.4, -0.2) is 4.98 Å². The molecule has 0 amide bonds. The normalized spacial score (nSPS) is 10.7. The molecule has 3 rings (SSSR count). The first-order valence-corrected chi connectivity index (χ1v) is 5.97. The van der Waals surface area contributed by atoms with E-state index in [0.29, 0.717) is 5.89 Å². The van der Waals surface area contributed by atoms with Crippen molar-refractivity contribution in [2.45, 2.75) is 13.5 Å². The molecule has 1 aromatic heterocycles. The average molecular weight is 238 g/mol. The van der Waals surface area contributed by atoms with Gasteiger partial charge in [-0.05, 0) is 17.7 Å². The lowest BCUT2D eigenvalue weighted by atomic mass is 10.2. The molecule has 0 unspecified atom stereocenters. The number of fused-ring (bicyclic) bond motifs is 1. The number of nitrogens with one attached hydrogen (secondary N) is 1. The molecule has 3 nitrogen and oxygen atoms in total. The van der Waals surface area contributed by atoms with Crippen LogP contribution in [0.15, 0.2) is 52.9 Å². The standard InChI is InChI=1S/C15H14N2O/c1-11-17-15-13(8-5-9-14(15)18-11)16-10-12-6-3-2-4-7-12/h2-9,16H,10H2,1H3. The molecule has 3 aromatic rings. The van der Waals surface area contributed by atoms with Gasteiger partial charge in [-0.15, -0.1) is 0 Å². The van der Waals surface area contributed by atoms with Crippen molar-refractivity contribution in [1.29, 1.82) is 0 Å². The molecule has 0 bridgehead atoms. The molecule has 0 radical (unpaired) electrons. The molecule has 0 spiro atoms. The zero-order valence-corrected chi connectivity index (χ0v) is 10.2. The molecule has 0 aliphatic carbocycles. The molecular weight excluding hydrogens is 224 g/mol. The van der Waals surface area contributed by atoms with Crippen molar-refractivity contribution in [3.8, 4) is 0 Å². The number of hydrogen-bond acceptors (Lipinski definition) is 3. The topological polar surface area (TPSA) is 38.1 Å². The fraction of sp³-hybridized carbons (Fsp3) is 0.133. The summed E-state index contributed by atoms with van der Waals surface area (Å²) in [5.74, 6) is 0.693. The second kappa shape index (κ2) is 4.53. The van der Waals surface area contributed by atoms with E-state index in [1.165, 1.54) is 5.56 Å². The summed E-state index contributed by atoms with van der Waals surface area (Å²) < 4.78 is 5.51. The molecule has 1 N–H and O–H groups in total. The SMILES string of the molecule is Cc1nc2c(NCc3ccccc3)cccc2o1. The van der Waals surface area contributed by atoms with Gasteiger partial charge in [0, 0.05) is 13.5 Å². The van der Waals surface area contributed by atoms with Gasteiger partial charge in [0.05, 0.1) is 5.69 Å². The summed E-state index contributed by atoms with van der Waals surface area (Å²) in [7, 11) is 0. The van der Waals surface area contributed by atoms with Crippen molar-refractivity contribution in [2.24, 2.45) is 0 Å². The Labute approximate surface area is 105 Å². The summed E-state index contributed by atoms with van der Waals surface area (Å²) in [6.07, 6.45) is 0. The van der Waals surface area contributed by atoms with E-state index in [1.54, 1.807) is 0 Å². The number of nitrogens with zero attached hydrogens (tertiary/aromatic N) is 1. The summed E-state index contributed by atoms with van der Waals surface area (Å²) in [6.45, 7) is 2.65. The Kier molecular flexibility index (Phi) is 2.73. The number of oxazole rings is 1. The van der Waals surface area contributed by atoms with Crippen LogP contribution in [0.4, 0.5) is 5.69 Å². The van der Waals surface area contributed by atoms with Gasteiger partial charge in [0.15, 0.2) is 11.5 Å². The maximum atomic E-state index is 5.51. The number of rotatable bonds is 3. The highest BCUT2D eigenvalue weighted by atomic mass is 16.3. The van der Waals surface area contributed by atoms with Crippen LogP contribution in [0.2, 0.25) is 0 Å². The van der Waals surface area contributed by atoms with Crippen LogP contribution in [0, 0.1) is 6.92 Å². The van der Waals surface area contributed by atoms with E-state index in [4.69, 9.17) is 4.42 Å². The summed E-state index contributed by atoms with van der Waals surface area (Å²) in [6, 6.07) is 16.2. The molecule has 0 atom stereocenters. The first-order valence-electron chi connectivity index (χ1n) is 5.97. The molecule has 0 fully saturated rings. The summed E-state index contributed by atoms with van der Waals surface area (Å²) in [5, 5.41) is 3.39. The molecule has 1 heterocycles. The summed E-state index contributed by atoms with van der Waals surface area (Å²) >= 11 is 0. The predicted molar refractivity (Wildman–Crippen MR) is 72.5 cm³/mol. The minimum atomic E-state index is 0.693. The third-order valence-electron chi connectivity index (χ3n) is 2.85. The van der Waals surface area contributed by atoms with Crippen LogP contribution in [0.1, 0.15) is 11.5 Å². The molecule has 3 heteroatoms. The zero-order chi connectivity index (χ0) is 12.4. The zero-order valence-electron chi connectivity index (χ0n) is 10.2. The van der Waals surface area contributed by atoms with E-state index >= 15 is 0 Å². The maximum Gasteiger partial charge on any atom is 0.192 e. The highest BCUT2D eigenvalue weighted by Gasteiger charge is 2.06. The van der Waals surface area contributed by atoms with Gasteiger partial charge in [0.25, 0.3) is 0 Å². The van der Waals surface area contributed by atoms with Crippen LogP contribution in [0.3, 0.4) is 0 Å². The fourth-order valence-electron chi connectivity index (χ4n) is 2.00. The molecule has 0 aliphatic rings. The highest BCUT2D eigenvalue weighted by molar-refractivity contribution is 5.86. The average Bonchev–Trinajstić information content (AvgIpc) is 2.78. The maximum absolute atomic E-state index is 5.51. The minimum Gasteiger partial charge on any atom is -0.441 e. The van der Waals surface area contributed by atoms with Crippen LogP contribution in [-0.2, 0) is 6.54 Å². The smallest absolute Gasteiger partial charge is 0.192 e. The van der Waals surface area contributed by atoms with Gasteiger partial charge in [0.2, 0.25) is 0 Å². The third-order valence-corrected chi connectivity index (χ3v) is 2.85. The van der Waals surface area contributed by atoms with Gasteiger partial charge >= 0.3 is 0 Å². The molecule has 2 aromatic carbocycles. The third kappa shape index (κ3) is 2.07. The van der Waals surface area contributed by atoms with Gasteiger partial charge in [-0.2, -0.15) is 0 Å². The summed E-state index contributed by atoms with van der Waals surface area (Å²) in [4.78, 5) is 4.40. The van der Waals surface area contributed by atoms with Gasteiger partial charge in [0.1, 0.15) is 5.52 Å². The van der Waals surface area contributed by atoms with Crippen LogP contribution in [0.25, 0.3) is 11.1 Å². The highest BCUT2D eigenvalue weighted by Crippen LogP contribution is 2.23. The van der Waals surface area contributed by atoms with Crippen molar-refractivity contribution in [3.63, 3.8) is 0 Å². The Morgan fingerprint density at radius 3 is 2.72 bits per heavy atom. The molecule has 0 saturated heterocycles. The second-order valence-corrected chi connectivity index (χ2v) is 4.22. The van der Waals surface area contributed by atoms with Gasteiger partial charge in [-0.1, -0.05) is 36.4 Å². The van der Waals surface area contributed by atoms with E-state index in [1.807, 2.05) is 43.3 Å². The van der Waals surface area contributed by atoms with Gasteiger partial charge < -0.3 is 9.73 Å². The van der Waals surface area contributed by atoms with Crippen LogP contribution < -0.4 is 5.32 Å². The Balaban J connectivity index is 1.86. The number of benzene rings is 2. The first kappa shape index (κ1) is 10.8. The predicted octanol–water partition coefficient (Wildman–Crippen LogP) is 3.75. The lowest BCUT2D eigenvalue weighted by Gasteiger charge is -2.06. The lowest BCUT2D eigenvalue weighted by Crippen LogP contribution is -1.99. The Bertz CT molecular complexity index is 659. The number of para-hydroxylation sites is 1. The molecule has 90 valence electrons. The monoisotopic (exact) mass is 238 g/mol. The van der Waals surface area contributed by atoms with Crippen molar-refractivity contribution >= 4 is 16.8 Å². The number of hydrogen-bond donors (Lipinski definition) is 1. The lowest BCUT2D eigenvalue weighted by molar-refractivity contribution is 0.561. The van der Waals surface area contributed by atoms with E-state index < -0.39 is 0 Å². The molecule has 18 heavy (non-hydrogen) atoms. The Hall–Kier alpha value is -2.29. The van der Waals surface area contributed by atoms with Crippen molar-refractivity contribution in [3.05, 3.63) is 60.0 Å². The van der Waals surface area contributed by atoms with Gasteiger partial charge in [-0.3, -0.25) is 0 Å². The number of anilines is 1. The Morgan fingerprint density at radius 2 is 1.89 bits per heavy atom. The van der Waals surface area contributed by atoms with E-state index in [0.717, 1.165) is 23.3 Å². The Morgan fingerprint density at radius 1 is 1.06 bits per heavy atom. The van der Waals surface area contributed by atoms with E-state index in [2.05, 4.69) is 22.4 Å². The summed E-state index contributed by atoms with van der Waals surface area (Å²) in [5.41, 5.74) is 3.97. The molecule has 0 saturated carbocycles. The number of aromatic nitrogens is 1. The largest absolute Gasteiger partial charge is 0.441 e.